The standard InChI is InChI=1S/C25H19FN6O4S/c1-16-23(24(33)31(29(16)2)17-8-4-3-5-9-17)28-25-30(27-14-18-12-13-22(36-18)32(34)35)21(15-37-25)19-10-6-7-11-20(19)26/h3-15H,1-2H3. The summed E-state index contributed by atoms with van der Waals surface area (Å²) in [6, 6.07) is 18.0. The lowest BCUT2D eigenvalue weighted by atomic mass is 10.1. The fourth-order valence-corrected chi connectivity index (χ4v) is 4.58. The highest BCUT2D eigenvalue weighted by Gasteiger charge is 2.18. The van der Waals surface area contributed by atoms with Crippen molar-refractivity contribution in [1.29, 1.82) is 0 Å². The summed E-state index contributed by atoms with van der Waals surface area (Å²) < 4.78 is 24.4. The van der Waals surface area contributed by atoms with Crippen LogP contribution in [0.15, 0.2) is 91.4 Å². The van der Waals surface area contributed by atoms with E-state index in [0.29, 0.717) is 21.9 Å². The number of rotatable bonds is 6. The molecule has 0 N–H and O–H groups in total. The predicted molar refractivity (Wildman–Crippen MR) is 137 cm³/mol. The molecule has 0 bridgehead atoms. The van der Waals surface area contributed by atoms with Gasteiger partial charge in [-0.05, 0) is 37.3 Å². The van der Waals surface area contributed by atoms with Gasteiger partial charge in [-0.2, -0.15) is 5.10 Å². The number of para-hydroxylation sites is 1. The van der Waals surface area contributed by atoms with Crippen LogP contribution in [0.4, 0.5) is 16.0 Å². The van der Waals surface area contributed by atoms with Crippen molar-refractivity contribution in [2.24, 2.45) is 17.1 Å². The number of halogens is 1. The summed E-state index contributed by atoms with van der Waals surface area (Å²) in [7, 11) is 1.76. The van der Waals surface area contributed by atoms with Crippen LogP contribution < -0.4 is 10.4 Å². The van der Waals surface area contributed by atoms with Crippen LogP contribution in [-0.4, -0.2) is 25.2 Å². The van der Waals surface area contributed by atoms with Crippen LogP contribution >= 0.6 is 11.3 Å². The molecule has 10 nitrogen and oxygen atoms in total. The van der Waals surface area contributed by atoms with Gasteiger partial charge in [-0.3, -0.25) is 19.6 Å². The van der Waals surface area contributed by atoms with E-state index in [-0.39, 0.29) is 22.6 Å². The molecular formula is C25H19FN6O4S. The van der Waals surface area contributed by atoms with Gasteiger partial charge in [-0.25, -0.2) is 18.7 Å². The van der Waals surface area contributed by atoms with Crippen molar-refractivity contribution >= 4 is 29.1 Å². The molecule has 0 spiro atoms. The topological polar surface area (TPSA) is 113 Å². The first-order chi connectivity index (χ1) is 17.8. The van der Waals surface area contributed by atoms with E-state index >= 15 is 0 Å². The van der Waals surface area contributed by atoms with E-state index in [1.54, 1.807) is 42.2 Å². The van der Waals surface area contributed by atoms with E-state index in [9.17, 15) is 19.3 Å². The molecule has 0 radical (unpaired) electrons. The molecular weight excluding hydrogens is 499 g/mol. The van der Waals surface area contributed by atoms with Crippen molar-refractivity contribution in [3.8, 4) is 16.9 Å². The van der Waals surface area contributed by atoms with Gasteiger partial charge in [0.15, 0.2) is 11.4 Å². The molecule has 0 fully saturated rings. The van der Waals surface area contributed by atoms with Gasteiger partial charge in [-0.15, -0.1) is 11.3 Å². The first-order valence-corrected chi connectivity index (χ1v) is 11.9. The third-order valence-electron chi connectivity index (χ3n) is 5.66. The Kier molecular flexibility index (Phi) is 6.24. The van der Waals surface area contributed by atoms with Gasteiger partial charge in [-0.1, -0.05) is 30.3 Å². The highest BCUT2D eigenvalue weighted by Crippen LogP contribution is 2.24. The van der Waals surface area contributed by atoms with Gasteiger partial charge in [0, 0.05) is 18.0 Å². The number of thiazole rings is 1. The molecule has 0 aliphatic heterocycles. The molecule has 0 saturated carbocycles. The van der Waals surface area contributed by atoms with E-state index in [0.717, 1.165) is 0 Å². The minimum absolute atomic E-state index is 0.123. The molecule has 186 valence electrons. The number of nitro groups is 1. The minimum Gasteiger partial charge on any atom is -0.400 e. The quantitative estimate of drug-likeness (QED) is 0.183. The number of hydrogen-bond donors (Lipinski definition) is 0. The van der Waals surface area contributed by atoms with Crippen LogP contribution in [0.25, 0.3) is 16.9 Å². The van der Waals surface area contributed by atoms with Gasteiger partial charge in [0.1, 0.15) is 10.7 Å². The number of hydrogen-bond acceptors (Lipinski definition) is 7. The maximum atomic E-state index is 14.7. The Morgan fingerprint density at radius 3 is 2.51 bits per heavy atom. The molecule has 0 aliphatic rings. The Morgan fingerprint density at radius 1 is 1.08 bits per heavy atom. The largest absolute Gasteiger partial charge is 0.433 e. The Morgan fingerprint density at radius 2 is 1.81 bits per heavy atom. The van der Waals surface area contributed by atoms with Gasteiger partial charge in [0.05, 0.1) is 29.4 Å². The average Bonchev–Trinajstić information content (AvgIpc) is 3.58. The molecule has 3 heterocycles. The lowest BCUT2D eigenvalue weighted by Crippen LogP contribution is -2.20. The normalized spacial score (nSPS) is 12.0. The van der Waals surface area contributed by atoms with Crippen LogP contribution in [-0.2, 0) is 7.05 Å². The van der Waals surface area contributed by atoms with Crippen LogP contribution in [0.1, 0.15) is 11.5 Å². The predicted octanol–water partition coefficient (Wildman–Crippen LogP) is 4.77. The van der Waals surface area contributed by atoms with Crippen molar-refractivity contribution < 1.29 is 13.7 Å². The average molecular weight is 519 g/mol. The fourth-order valence-electron chi connectivity index (χ4n) is 3.75. The maximum Gasteiger partial charge on any atom is 0.433 e. The number of aromatic nitrogens is 3. The highest BCUT2D eigenvalue weighted by molar-refractivity contribution is 7.07. The third-order valence-corrected chi connectivity index (χ3v) is 6.48. The zero-order chi connectivity index (χ0) is 26.1. The van der Waals surface area contributed by atoms with Crippen LogP contribution in [0, 0.1) is 22.9 Å². The van der Waals surface area contributed by atoms with Crippen molar-refractivity contribution in [3.05, 3.63) is 115 Å². The number of furan rings is 1. The van der Waals surface area contributed by atoms with Crippen LogP contribution in [0.2, 0.25) is 0 Å². The fraction of sp³-hybridized carbons (Fsp3) is 0.0800. The maximum absolute atomic E-state index is 14.7. The molecule has 2 aromatic carbocycles. The van der Waals surface area contributed by atoms with E-state index in [1.807, 2.05) is 30.3 Å². The third kappa shape index (κ3) is 4.45. The zero-order valence-electron chi connectivity index (χ0n) is 19.6. The lowest BCUT2D eigenvalue weighted by molar-refractivity contribution is -0.402. The van der Waals surface area contributed by atoms with Crippen molar-refractivity contribution in [1.82, 2.24) is 14.0 Å². The lowest BCUT2D eigenvalue weighted by Gasteiger charge is -2.07. The second-order valence-electron chi connectivity index (χ2n) is 7.89. The molecule has 0 saturated heterocycles. The Labute approximate surface area is 212 Å². The van der Waals surface area contributed by atoms with E-state index in [4.69, 9.17) is 4.42 Å². The SMILES string of the molecule is Cc1c(N=c2scc(-c3ccccc3F)n2N=Cc2ccc([N+](=O)[O-])o2)c(=O)n(-c2ccccc2)n1C. The summed E-state index contributed by atoms with van der Waals surface area (Å²) in [5.74, 6) is -0.776. The van der Waals surface area contributed by atoms with E-state index < -0.39 is 16.6 Å². The smallest absolute Gasteiger partial charge is 0.400 e. The van der Waals surface area contributed by atoms with Gasteiger partial charge < -0.3 is 4.42 Å². The Balaban J connectivity index is 1.69. The molecule has 5 aromatic rings. The zero-order valence-corrected chi connectivity index (χ0v) is 20.4. The summed E-state index contributed by atoms with van der Waals surface area (Å²) in [5.41, 5.74) is 1.83. The number of benzene rings is 2. The summed E-state index contributed by atoms with van der Waals surface area (Å²) in [6.07, 6.45) is 1.27. The summed E-state index contributed by atoms with van der Waals surface area (Å²) in [4.78, 5) is 28.6. The molecule has 0 atom stereocenters. The summed E-state index contributed by atoms with van der Waals surface area (Å²) >= 11 is 1.17. The van der Waals surface area contributed by atoms with Gasteiger partial charge >= 0.3 is 5.88 Å². The molecule has 12 heteroatoms. The van der Waals surface area contributed by atoms with E-state index in [1.165, 1.54) is 45.1 Å². The molecule has 0 amide bonds. The molecule has 3 aromatic heterocycles. The van der Waals surface area contributed by atoms with Gasteiger partial charge in [0.2, 0.25) is 4.80 Å². The molecule has 0 aliphatic carbocycles. The second-order valence-corrected chi connectivity index (χ2v) is 8.73. The molecule has 37 heavy (non-hydrogen) atoms. The minimum atomic E-state index is -0.656. The van der Waals surface area contributed by atoms with E-state index in [2.05, 4.69) is 10.1 Å². The highest BCUT2D eigenvalue weighted by atomic mass is 32.1. The van der Waals surface area contributed by atoms with Crippen LogP contribution in [0.3, 0.4) is 0 Å². The van der Waals surface area contributed by atoms with Crippen molar-refractivity contribution in [2.75, 3.05) is 0 Å². The van der Waals surface area contributed by atoms with Crippen molar-refractivity contribution in [2.45, 2.75) is 6.92 Å². The Hall–Kier alpha value is -4.84. The first-order valence-electron chi connectivity index (χ1n) is 11.0. The summed E-state index contributed by atoms with van der Waals surface area (Å²) in [5, 5.41) is 17.0. The monoisotopic (exact) mass is 518 g/mol. The van der Waals surface area contributed by atoms with Gasteiger partial charge in [0.25, 0.3) is 5.56 Å². The van der Waals surface area contributed by atoms with Crippen LogP contribution in [0.5, 0.6) is 0 Å². The second kappa shape index (κ2) is 9.66. The first kappa shape index (κ1) is 23.9. The van der Waals surface area contributed by atoms with Crippen molar-refractivity contribution in [3.63, 3.8) is 0 Å². The number of nitrogens with zero attached hydrogens (tertiary/aromatic N) is 6. The molecule has 5 rings (SSSR count). The molecule has 0 unspecified atom stereocenters. The summed E-state index contributed by atoms with van der Waals surface area (Å²) in [6.45, 7) is 1.78. The Bertz CT molecular complexity index is 1770.